The monoisotopic (exact) mass is 218 g/mol. The minimum Gasteiger partial charge on any atom is -0.376 e. The molecule has 0 bridgehead atoms. The Morgan fingerprint density at radius 1 is 1.50 bits per heavy atom. The molecule has 0 atom stereocenters. The average Bonchev–Trinajstić information content (AvgIpc) is 3.09. The molecule has 3 heteroatoms. The lowest BCUT2D eigenvalue weighted by Gasteiger charge is -2.17. The summed E-state index contributed by atoms with van der Waals surface area (Å²) in [6.07, 6.45) is 2.32. The fourth-order valence-electron chi connectivity index (χ4n) is 1.72. The van der Waals surface area contributed by atoms with E-state index in [4.69, 9.17) is 0 Å². The van der Waals surface area contributed by atoms with Gasteiger partial charge in [0.25, 0.3) is 0 Å². The first-order valence-corrected chi connectivity index (χ1v) is 5.73. The molecule has 0 saturated heterocycles. The molecular formula is C13H18N2O. The molecule has 2 rings (SSSR count). The number of carbonyl (C=O) groups excluding carboxylic acids is 1. The molecule has 0 aromatic heterocycles. The van der Waals surface area contributed by atoms with Crippen molar-refractivity contribution in [3.63, 3.8) is 0 Å². The fourth-order valence-corrected chi connectivity index (χ4v) is 1.72. The van der Waals surface area contributed by atoms with Gasteiger partial charge in [0.2, 0.25) is 5.91 Å². The lowest BCUT2D eigenvalue weighted by Crippen LogP contribution is -2.33. The highest BCUT2D eigenvalue weighted by Gasteiger charge is 2.29. The summed E-state index contributed by atoms with van der Waals surface area (Å²) in [5, 5.41) is 3.16. The zero-order valence-electron chi connectivity index (χ0n) is 9.86. The van der Waals surface area contributed by atoms with Gasteiger partial charge in [-0.15, -0.1) is 0 Å². The number of carbonyl (C=O) groups is 1. The van der Waals surface area contributed by atoms with Crippen molar-refractivity contribution in [1.82, 2.24) is 4.90 Å². The number of nitrogens with one attached hydrogen (secondary N) is 1. The molecule has 86 valence electrons. The molecule has 0 heterocycles. The highest BCUT2D eigenvalue weighted by atomic mass is 16.2. The van der Waals surface area contributed by atoms with Crippen molar-refractivity contribution < 1.29 is 4.79 Å². The molecule has 0 radical (unpaired) electrons. The van der Waals surface area contributed by atoms with Crippen molar-refractivity contribution in [3.05, 3.63) is 29.8 Å². The van der Waals surface area contributed by atoms with Gasteiger partial charge in [0, 0.05) is 18.8 Å². The first-order chi connectivity index (χ1) is 7.66. The molecular weight excluding hydrogens is 200 g/mol. The van der Waals surface area contributed by atoms with Gasteiger partial charge in [-0.25, -0.2) is 0 Å². The SMILES string of the molecule is Cc1cccc(NCC(=O)N(C)C2CC2)c1. The number of likely N-dealkylation sites (N-methyl/N-ethyl adjacent to an activating group) is 1. The highest BCUT2D eigenvalue weighted by molar-refractivity contribution is 5.81. The van der Waals surface area contributed by atoms with Gasteiger partial charge in [-0.1, -0.05) is 12.1 Å². The van der Waals surface area contributed by atoms with Gasteiger partial charge in [-0.3, -0.25) is 4.79 Å². The topological polar surface area (TPSA) is 32.3 Å². The minimum atomic E-state index is 0.170. The summed E-state index contributed by atoms with van der Waals surface area (Å²) < 4.78 is 0. The van der Waals surface area contributed by atoms with Gasteiger partial charge in [-0.2, -0.15) is 0 Å². The molecule has 1 aliphatic carbocycles. The van der Waals surface area contributed by atoms with Gasteiger partial charge in [0.15, 0.2) is 0 Å². The number of benzene rings is 1. The van der Waals surface area contributed by atoms with E-state index in [1.165, 1.54) is 5.56 Å². The van der Waals surface area contributed by atoms with Crippen LogP contribution in [-0.4, -0.2) is 30.4 Å². The maximum absolute atomic E-state index is 11.7. The Morgan fingerprint density at radius 2 is 2.25 bits per heavy atom. The normalized spacial score (nSPS) is 14.6. The van der Waals surface area contributed by atoms with Gasteiger partial charge >= 0.3 is 0 Å². The van der Waals surface area contributed by atoms with E-state index in [-0.39, 0.29) is 5.91 Å². The smallest absolute Gasteiger partial charge is 0.241 e. The van der Waals surface area contributed by atoms with Crippen LogP contribution in [0.5, 0.6) is 0 Å². The van der Waals surface area contributed by atoms with Gasteiger partial charge in [-0.05, 0) is 37.5 Å². The molecule has 0 spiro atoms. The van der Waals surface area contributed by atoms with Crippen LogP contribution in [0.2, 0.25) is 0 Å². The van der Waals surface area contributed by atoms with Crippen LogP contribution in [0.4, 0.5) is 5.69 Å². The number of aryl methyl sites for hydroxylation is 1. The maximum atomic E-state index is 11.7. The molecule has 1 aromatic carbocycles. The number of anilines is 1. The van der Waals surface area contributed by atoms with Crippen LogP contribution in [0.3, 0.4) is 0 Å². The Balaban J connectivity index is 1.84. The Labute approximate surface area is 96.5 Å². The Morgan fingerprint density at radius 3 is 2.88 bits per heavy atom. The van der Waals surface area contributed by atoms with E-state index in [1.807, 2.05) is 43.1 Å². The zero-order valence-corrected chi connectivity index (χ0v) is 9.86. The summed E-state index contributed by atoms with van der Waals surface area (Å²) in [6, 6.07) is 8.56. The standard InChI is InChI=1S/C13H18N2O/c1-10-4-3-5-11(8-10)14-9-13(16)15(2)12-6-7-12/h3-5,8,12,14H,6-7,9H2,1-2H3. The minimum absolute atomic E-state index is 0.170. The van der Waals surface area contributed by atoms with Crippen LogP contribution < -0.4 is 5.32 Å². The van der Waals surface area contributed by atoms with Crippen molar-refractivity contribution in [1.29, 1.82) is 0 Å². The van der Waals surface area contributed by atoms with Crippen LogP contribution in [0, 0.1) is 6.92 Å². The fraction of sp³-hybridized carbons (Fsp3) is 0.462. The van der Waals surface area contributed by atoms with Crippen molar-refractivity contribution in [3.8, 4) is 0 Å². The van der Waals surface area contributed by atoms with E-state index >= 15 is 0 Å². The molecule has 1 aromatic rings. The summed E-state index contributed by atoms with van der Waals surface area (Å²) in [4.78, 5) is 13.6. The summed E-state index contributed by atoms with van der Waals surface area (Å²) in [5.41, 5.74) is 2.21. The van der Waals surface area contributed by atoms with E-state index in [9.17, 15) is 4.79 Å². The lowest BCUT2D eigenvalue weighted by atomic mass is 10.2. The van der Waals surface area contributed by atoms with Gasteiger partial charge in [0.1, 0.15) is 0 Å². The van der Waals surface area contributed by atoms with E-state index < -0.39 is 0 Å². The average molecular weight is 218 g/mol. The third-order valence-corrected chi connectivity index (χ3v) is 2.95. The maximum Gasteiger partial charge on any atom is 0.241 e. The summed E-state index contributed by atoms with van der Waals surface area (Å²) in [6.45, 7) is 2.43. The van der Waals surface area contributed by atoms with Crippen molar-refractivity contribution in [2.45, 2.75) is 25.8 Å². The Bertz CT molecular complexity index is 385. The van der Waals surface area contributed by atoms with Crippen molar-refractivity contribution >= 4 is 11.6 Å². The predicted octanol–water partition coefficient (Wildman–Crippen LogP) is 2.03. The van der Waals surface area contributed by atoms with E-state index in [1.54, 1.807) is 0 Å². The quantitative estimate of drug-likeness (QED) is 0.838. The third kappa shape index (κ3) is 2.75. The number of hydrogen-bond donors (Lipinski definition) is 1. The molecule has 1 saturated carbocycles. The van der Waals surface area contributed by atoms with E-state index in [0.29, 0.717) is 12.6 Å². The Kier molecular flexibility index (Phi) is 3.13. The molecule has 3 nitrogen and oxygen atoms in total. The first-order valence-electron chi connectivity index (χ1n) is 5.73. The lowest BCUT2D eigenvalue weighted by molar-refractivity contribution is -0.128. The highest BCUT2D eigenvalue weighted by Crippen LogP contribution is 2.25. The largest absolute Gasteiger partial charge is 0.376 e. The Hall–Kier alpha value is -1.51. The number of hydrogen-bond acceptors (Lipinski definition) is 2. The zero-order chi connectivity index (χ0) is 11.5. The summed E-state index contributed by atoms with van der Waals surface area (Å²) in [7, 11) is 1.89. The second-order valence-corrected chi connectivity index (χ2v) is 4.46. The van der Waals surface area contributed by atoms with Gasteiger partial charge in [0.05, 0.1) is 6.54 Å². The number of nitrogens with zero attached hydrogens (tertiary/aromatic N) is 1. The van der Waals surface area contributed by atoms with E-state index in [2.05, 4.69) is 5.32 Å². The number of amides is 1. The van der Waals surface area contributed by atoms with Crippen LogP contribution >= 0.6 is 0 Å². The van der Waals surface area contributed by atoms with Gasteiger partial charge < -0.3 is 10.2 Å². The first kappa shape index (κ1) is 11.0. The predicted molar refractivity (Wildman–Crippen MR) is 65.5 cm³/mol. The van der Waals surface area contributed by atoms with Crippen LogP contribution in [-0.2, 0) is 4.79 Å². The molecule has 0 aliphatic heterocycles. The third-order valence-electron chi connectivity index (χ3n) is 2.95. The van der Waals surface area contributed by atoms with Crippen molar-refractivity contribution in [2.24, 2.45) is 0 Å². The van der Waals surface area contributed by atoms with Crippen LogP contribution in [0.15, 0.2) is 24.3 Å². The molecule has 16 heavy (non-hydrogen) atoms. The second-order valence-electron chi connectivity index (χ2n) is 4.46. The molecule has 1 amide bonds. The molecule has 1 fully saturated rings. The summed E-state index contributed by atoms with van der Waals surface area (Å²) in [5.74, 6) is 0.170. The second kappa shape index (κ2) is 4.56. The molecule has 0 unspecified atom stereocenters. The van der Waals surface area contributed by atoms with Crippen LogP contribution in [0.1, 0.15) is 18.4 Å². The van der Waals surface area contributed by atoms with Crippen LogP contribution in [0.25, 0.3) is 0 Å². The molecule has 1 aliphatic rings. The number of rotatable bonds is 4. The van der Waals surface area contributed by atoms with E-state index in [0.717, 1.165) is 18.5 Å². The summed E-state index contributed by atoms with van der Waals surface area (Å²) >= 11 is 0. The van der Waals surface area contributed by atoms with Crippen molar-refractivity contribution in [2.75, 3.05) is 18.9 Å². The molecule has 1 N–H and O–H groups in total.